The van der Waals surface area contributed by atoms with Gasteiger partial charge in [0, 0.05) is 37.3 Å². The van der Waals surface area contributed by atoms with Crippen LogP contribution in [0.1, 0.15) is 48.5 Å². The monoisotopic (exact) mass is 441 g/mol. The fraction of sp³-hybridized carbons (Fsp3) is 0.458. The van der Waals surface area contributed by atoms with E-state index in [-0.39, 0.29) is 23.4 Å². The first-order valence-electron chi connectivity index (χ1n) is 11.2. The van der Waals surface area contributed by atoms with Crippen LogP contribution in [0.25, 0.3) is 0 Å². The number of hydrogen-bond donors (Lipinski definition) is 1. The smallest absolute Gasteiger partial charge is 0.254 e. The minimum atomic E-state index is -3.71. The van der Waals surface area contributed by atoms with E-state index in [0.29, 0.717) is 11.6 Å². The molecule has 1 amide bonds. The Balaban J connectivity index is 1.49. The van der Waals surface area contributed by atoms with Crippen LogP contribution in [-0.2, 0) is 16.6 Å². The van der Waals surface area contributed by atoms with Crippen molar-refractivity contribution in [3.05, 3.63) is 65.7 Å². The molecule has 0 bridgehead atoms. The predicted octanol–water partition coefficient (Wildman–Crippen LogP) is 3.25. The molecule has 1 heterocycles. The zero-order valence-electron chi connectivity index (χ0n) is 18.0. The molecular formula is C24H31N3O3S. The zero-order valence-corrected chi connectivity index (χ0v) is 18.9. The van der Waals surface area contributed by atoms with E-state index in [1.165, 1.54) is 6.07 Å². The molecular weight excluding hydrogens is 410 g/mol. The molecule has 31 heavy (non-hydrogen) atoms. The highest BCUT2D eigenvalue weighted by Crippen LogP contribution is 2.33. The first kappa shape index (κ1) is 22.0. The third-order valence-corrected chi connectivity index (χ3v) is 7.67. The summed E-state index contributed by atoms with van der Waals surface area (Å²) in [5.74, 6) is -0.0439. The van der Waals surface area contributed by atoms with Crippen LogP contribution in [0.4, 0.5) is 0 Å². The van der Waals surface area contributed by atoms with Gasteiger partial charge in [-0.05, 0) is 56.0 Å². The van der Waals surface area contributed by atoms with Crippen molar-refractivity contribution in [1.29, 1.82) is 0 Å². The van der Waals surface area contributed by atoms with Crippen molar-refractivity contribution >= 4 is 15.9 Å². The summed E-state index contributed by atoms with van der Waals surface area (Å²) >= 11 is 0. The van der Waals surface area contributed by atoms with Crippen molar-refractivity contribution in [2.45, 2.75) is 56.1 Å². The summed E-state index contributed by atoms with van der Waals surface area (Å²) in [4.78, 5) is 18.0. The number of benzene rings is 2. The standard InChI is InChI=1S/C24H31N3O3S/c1-2-26-15-13-22(14-16-26)27(21-11-12-21)24(28)20-9-6-10-23(17-20)31(29,30)25-18-19-7-4-3-5-8-19/h3-10,17,21-22,25H,2,11-16,18H2,1H3. The second-order valence-electron chi connectivity index (χ2n) is 8.45. The highest BCUT2D eigenvalue weighted by molar-refractivity contribution is 7.89. The van der Waals surface area contributed by atoms with E-state index in [1.807, 2.05) is 35.2 Å². The van der Waals surface area contributed by atoms with Crippen LogP contribution in [-0.4, -0.2) is 55.8 Å². The molecule has 1 aliphatic carbocycles. The van der Waals surface area contributed by atoms with Crippen molar-refractivity contribution in [1.82, 2.24) is 14.5 Å². The summed E-state index contributed by atoms with van der Waals surface area (Å²) in [6.45, 7) is 5.44. The van der Waals surface area contributed by atoms with Gasteiger partial charge in [0.25, 0.3) is 5.91 Å². The maximum absolute atomic E-state index is 13.4. The Kier molecular flexibility index (Phi) is 6.74. The van der Waals surface area contributed by atoms with Crippen molar-refractivity contribution in [2.24, 2.45) is 0 Å². The lowest BCUT2D eigenvalue weighted by Gasteiger charge is -2.38. The van der Waals surface area contributed by atoms with E-state index in [1.54, 1.807) is 18.2 Å². The number of rotatable bonds is 8. The van der Waals surface area contributed by atoms with Crippen LogP contribution in [0.15, 0.2) is 59.5 Å². The van der Waals surface area contributed by atoms with Gasteiger partial charge in [-0.1, -0.05) is 43.3 Å². The molecule has 1 aliphatic heterocycles. The third kappa shape index (κ3) is 5.34. The SMILES string of the molecule is CCN1CCC(N(C(=O)c2cccc(S(=O)(=O)NCc3ccccc3)c2)C2CC2)CC1. The minimum absolute atomic E-state index is 0.0439. The molecule has 166 valence electrons. The van der Waals surface area contributed by atoms with E-state index in [0.717, 1.165) is 50.9 Å². The second kappa shape index (κ2) is 9.51. The van der Waals surface area contributed by atoms with Gasteiger partial charge in [-0.15, -0.1) is 0 Å². The van der Waals surface area contributed by atoms with Crippen LogP contribution >= 0.6 is 0 Å². The van der Waals surface area contributed by atoms with Gasteiger partial charge in [-0.3, -0.25) is 4.79 Å². The Morgan fingerprint density at radius 2 is 1.68 bits per heavy atom. The van der Waals surface area contributed by atoms with Gasteiger partial charge in [-0.2, -0.15) is 0 Å². The molecule has 1 N–H and O–H groups in total. The Bertz CT molecular complexity index is 998. The maximum atomic E-state index is 13.4. The zero-order chi connectivity index (χ0) is 21.8. The summed E-state index contributed by atoms with van der Waals surface area (Å²) < 4.78 is 28.3. The number of nitrogens with zero attached hydrogens (tertiary/aromatic N) is 2. The quantitative estimate of drug-likeness (QED) is 0.683. The minimum Gasteiger partial charge on any atom is -0.333 e. The first-order valence-corrected chi connectivity index (χ1v) is 12.6. The lowest BCUT2D eigenvalue weighted by atomic mass is 10.0. The molecule has 0 spiro atoms. The van der Waals surface area contributed by atoms with Gasteiger partial charge in [0.1, 0.15) is 0 Å². The fourth-order valence-corrected chi connectivity index (χ4v) is 5.36. The molecule has 2 aromatic rings. The van der Waals surface area contributed by atoms with Crippen molar-refractivity contribution in [3.63, 3.8) is 0 Å². The van der Waals surface area contributed by atoms with E-state index in [4.69, 9.17) is 0 Å². The number of carbonyl (C=O) groups excluding carboxylic acids is 1. The fourth-order valence-electron chi connectivity index (χ4n) is 4.30. The molecule has 1 saturated heterocycles. The number of carbonyl (C=O) groups is 1. The number of piperidine rings is 1. The number of hydrogen-bond acceptors (Lipinski definition) is 4. The summed E-state index contributed by atoms with van der Waals surface area (Å²) in [6.07, 6.45) is 4.03. The number of amides is 1. The largest absolute Gasteiger partial charge is 0.333 e. The van der Waals surface area contributed by atoms with E-state index in [2.05, 4.69) is 16.5 Å². The van der Waals surface area contributed by atoms with Gasteiger partial charge in [0.2, 0.25) is 10.0 Å². The van der Waals surface area contributed by atoms with Crippen LogP contribution in [0.2, 0.25) is 0 Å². The van der Waals surface area contributed by atoms with Crippen LogP contribution in [0.3, 0.4) is 0 Å². The number of likely N-dealkylation sites (tertiary alicyclic amines) is 1. The molecule has 0 unspecified atom stereocenters. The maximum Gasteiger partial charge on any atom is 0.254 e. The second-order valence-corrected chi connectivity index (χ2v) is 10.2. The molecule has 1 saturated carbocycles. The average molecular weight is 442 g/mol. The van der Waals surface area contributed by atoms with Crippen molar-refractivity contribution in [3.8, 4) is 0 Å². The van der Waals surface area contributed by atoms with Gasteiger partial charge in [0.05, 0.1) is 4.90 Å². The van der Waals surface area contributed by atoms with Crippen LogP contribution in [0, 0.1) is 0 Å². The lowest BCUT2D eigenvalue weighted by molar-refractivity contribution is 0.0554. The lowest BCUT2D eigenvalue weighted by Crippen LogP contribution is -2.48. The summed E-state index contributed by atoms with van der Waals surface area (Å²) in [5, 5.41) is 0. The van der Waals surface area contributed by atoms with E-state index in [9.17, 15) is 13.2 Å². The Hall–Kier alpha value is -2.22. The number of nitrogens with one attached hydrogen (secondary N) is 1. The van der Waals surface area contributed by atoms with Crippen LogP contribution < -0.4 is 4.72 Å². The Morgan fingerprint density at radius 1 is 1.00 bits per heavy atom. The topological polar surface area (TPSA) is 69.7 Å². The molecule has 2 aliphatic rings. The molecule has 2 aromatic carbocycles. The predicted molar refractivity (Wildman–Crippen MR) is 121 cm³/mol. The molecule has 7 heteroatoms. The average Bonchev–Trinajstić information content (AvgIpc) is 3.64. The van der Waals surface area contributed by atoms with Crippen LogP contribution in [0.5, 0.6) is 0 Å². The molecule has 0 radical (unpaired) electrons. The Labute approximate surface area is 185 Å². The Morgan fingerprint density at radius 3 is 2.32 bits per heavy atom. The molecule has 0 atom stereocenters. The summed E-state index contributed by atoms with van der Waals surface area (Å²) in [5.41, 5.74) is 1.34. The summed E-state index contributed by atoms with van der Waals surface area (Å²) in [7, 11) is -3.71. The van der Waals surface area contributed by atoms with Crippen molar-refractivity contribution in [2.75, 3.05) is 19.6 Å². The molecule has 0 aromatic heterocycles. The normalized spacial score (nSPS) is 18.1. The highest BCUT2D eigenvalue weighted by Gasteiger charge is 2.39. The summed E-state index contributed by atoms with van der Waals surface area (Å²) in [6, 6.07) is 16.4. The molecule has 4 rings (SSSR count). The van der Waals surface area contributed by atoms with E-state index >= 15 is 0 Å². The van der Waals surface area contributed by atoms with Crippen molar-refractivity contribution < 1.29 is 13.2 Å². The van der Waals surface area contributed by atoms with Gasteiger partial charge in [-0.25, -0.2) is 13.1 Å². The van der Waals surface area contributed by atoms with E-state index < -0.39 is 10.0 Å². The molecule has 6 nitrogen and oxygen atoms in total. The molecule has 2 fully saturated rings. The number of sulfonamides is 1. The van der Waals surface area contributed by atoms with Gasteiger partial charge < -0.3 is 9.80 Å². The third-order valence-electron chi connectivity index (χ3n) is 6.27. The van der Waals surface area contributed by atoms with Gasteiger partial charge >= 0.3 is 0 Å². The highest BCUT2D eigenvalue weighted by atomic mass is 32.2. The van der Waals surface area contributed by atoms with Gasteiger partial charge in [0.15, 0.2) is 0 Å². The first-order chi connectivity index (χ1) is 15.0.